The smallest absolute Gasteiger partial charge is 0.240 e. The topological polar surface area (TPSA) is 84.2 Å². The Morgan fingerprint density at radius 3 is 2.32 bits per heavy atom. The molecule has 0 heterocycles. The summed E-state index contributed by atoms with van der Waals surface area (Å²) in [6.45, 7) is 0.580. The van der Waals surface area contributed by atoms with Gasteiger partial charge in [0.25, 0.3) is 0 Å². The van der Waals surface area contributed by atoms with Crippen LogP contribution in [0.4, 0.5) is 5.69 Å². The second kappa shape index (κ2) is 4.47. The van der Waals surface area contributed by atoms with Crippen LogP contribution >= 0.6 is 0 Å². The van der Waals surface area contributed by atoms with Gasteiger partial charge in [-0.2, -0.15) is 0 Å². The summed E-state index contributed by atoms with van der Waals surface area (Å²) in [6, 6.07) is 6.44. The van der Waals surface area contributed by atoms with E-state index in [-0.39, 0.29) is 10.3 Å². The van der Waals surface area contributed by atoms with Crippen LogP contribution in [0.25, 0.3) is 0 Å². The molecule has 2 aliphatic carbocycles. The Morgan fingerprint density at radius 2 is 1.84 bits per heavy atom. The molecule has 0 saturated heterocycles. The third kappa shape index (κ3) is 2.61. The van der Waals surface area contributed by atoms with Crippen molar-refractivity contribution < 1.29 is 8.42 Å². The molecule has 0 atom stereocenters. The van der Waals surface area contributed by atoms with Crippen LogP contribution in [0.5, 0.6) is 0 Å². The third-order valence-electron chi connectivity index (χ3n) is 4.28. The normalized spacial score (nSPS) is 21.1. The number of sulfonamides is 1. The summed E-state index contributed by atoms with van der Waals surface area (Å²) in [7, 11) is -3.40. The first-order chi connectivity index (χ1) is 9.06. The van der Waals surface area contributed by atoms with Gasteiger partial charge in [-0.05, 0) is 61.3 Å². The lowest BCUT2D eigenvalue weighted by molar-refractivity contribution is 0.432. The molecule has 0 bridgehead atoms. The van der Waals surface area contributed by atoms with Gasteiger partial charge in [0.2, 0.25) is 10.0 Å². The molecule has 0 radical (unpaired) electrons. The Hall–Kier alpha value is -1.11. The van der Waals surface area contributed by atoms with Gasteiger partial charge in [0.15, 0.2) is 0 Å². The maximum absolute atomic E-state index is 12.2. The van der Waals surface area contributed by atoms with Crippen LogP contribution in [0.1, 0.15) is 25.7 Å². The molecule has 5 nitrogen and oxygen atoms in total. The van der Waals surface area contributed by atoms with Crippen molar-refractivity contribution in [1.29, 1.82) is 0 Å². The predicted molar refractivity (Wildman–Crippen MR) is 73.8 cm³/mol. The molecule has 0 unspecified atom stereocenters. The molecule has 6 heteroatoms. The molecule has 104 valence electrons. The van der Waals surface area contributed by atoms with Crippen molar-refractivity contribution in [2.24, 2.45) is 17.2 Å². The highest BCUT2D eigenvalue weighted by molar-refractivity contribution is 7.89. The van der Waals surface area contributed by atoms with Crippen LogP contribution in [0, 0.1) is 11.3 Å². The zero-order valence-electron chi connectivity index (χ0n) is 10.7. The van der Waals surface area contributed by atoms with E-state index in [1.54, 1.807) is 24.3 Å². The second-order valence-electron chi connectivity index (χ2n) is 5.63. The fraction of sp³-hybridized carbons (Fsp3) is 0.538. The van der Waals surface area contributed by atoms with E-state index in [1.165, 1.54) is 12.8 Å². The Morgan fingerprint density at radius 1 is 1.21 bits per heavy atom. The van der Waals surface area contributed by atoms with Crippen LogP contribution in [-0.2, 0) is 10.0 Å². The maximum Gasteiger partial charge on any atom is 0.240 e. The molecular formula is C13H19N3O2S. The largest absolute Gasteiger partial charge is 0.324 e. The van der Waals surface area contributed by atoms with Gasteiger partial charge in [0, 0.05) is 12.2 Å². The Kier molecular flexibility index (Phi) is 3.03. The minimum absolute atomic E-state index is 0.270. The van der Waals surface area contributed by atoms with E-state index < -0.39 is 10.0 Å². The molecule has 2 saturated carbocycles. The Labute approximate surface area is 113 Å². The Bertz CT molecular complexity index is 560. The summed E-state index contributed by atoms with van der Waals surface area (Å²) < 4.78 is 27.1. The fourth-order valence-corrected chi connectivity index (χ4v) is 3.78. The average molecular weight is 281 g/mol. The number of anilines is 1. The van der Waals surface area contributed by atoms with E-state index in [2.05, 4.69) is 10.1 Å². The van der Waals surface area contributed by atoms with Gasteiger partial charge in [0.1, 0.15) is 0 Å². The summed E-state index contributed by atoms with van der Waals surface area (Å²) in [4.78, 5) is 0.290. The number of nitrogens with one attached hydrogen (secondary N) is 2. The number of hydrogen-bond acceptors (Lipinski definition) is 4. The molecule has 2 aliphatic rings. The van der Waals surface area contributed by atoms with E-state index >= 15 is 0 Å². The molecule has 0 aliphatic heterocycles. The summed E-state index contributed by atoms with van der Waals surface area (Å²) in [5.74, 6) is 6.01. The molecule has 0 aromatic heterocycles. The van der Waals surface area contributed by atoms with Gasteiger partial charge in [-0.3, -0.25) is 5.84 Å². The van der Waals surface area contributed by atoms with E-state index in [9.17, 15) is 8.42 Å². The SMILES string of the molecule is NNc1ccc(S(=O)(=O)NCC2(C3CC3)CC2)cc1. The first-order valence-corrected chi connectivity index (χ1v) is 8.10. The van der Waals surface area contributed by atoms with Gasteiger partial charge >= 0.3 is 0 Å². The number of nitrogen functional groups attached to an aromatic ring is 1. The lowest BCUT2D eigenvalue weighted by atomic mass is 10.0. The predicted octanol–water partition coefficient (Wildman–Crippen LogP) is 1.44. The molecule has 1 aromatic carbocycles. The quantitative estimate of drug-likeness (QED) is 0.544. The van der Waals surface area contributed by atoms with Crippen molar-refractivity contribution in [1.82, 2.24) is 4.72 Å². The average Bonchev–Trinajstić information content (AvgIpc) is 3.29. The second-order valence-corrected chi connectivity index (χ2v) is 7.40. The van der Waals surface area contributed by atoms with Crippen LogP contribution in [0.2, 0.25) is 0 Å². The first kappa shape index (κ1) is 12.9. The zero-order chi connectivity index (χ0) is 13.5. The maximum atomic E-state index is 12.2. The summed E-state index contributed by atoms with van der Waals surface area (Å²) in [6.07, 6.45) is 4.85. The van der Waals surface area contributed by atoms with E-state index in [0.29, 0.717) is 12.2 Å². The van der Waals surface area contributed by atoms with Gasteiger partial charge in [0.05, 0.1) is 4.90 Å². The minimum Gasteiger partial charge on any atom is -0.324 e. The van der Waals surface area contributed by atoms with Crippen molar-refractivity contribution in [2.75, 3.05) is 12.0 Å². The van der Waals surface area contributed by atoms with Crippen molar-refractivity contribution in [3.05, 3.63) is 24.3 Å². The number of nitrogens with two attached hydrogens (primary N) is 1. The van der Waals surface area contributed by atoms with Crippen molar-refractivity contribution in [2.45, 2.75) is 30.6 Å². The van der Waals surface area contributed by atoms with Crippen molar-refractivity contribution >= 4 is 15.7 Å². The van der Waals surface area contributed by atoms with Gasteiger partial charge in [-0.1, -0.05) is 0 Å². The molecular weight excluding hydrogens is 262 g/mol. The van der Waals surface area contributed by atoms with Crippen LogP contribution in [-0.4, -0.2) is 15.0 Å². The lowest BCUT2D eigenvalue weighted by Crippen LogP contribution is -2.31. The van der Waals surface area contributed by atoms with Gasteiger partial charge in [-0.15, -0.1) is 0 Å². The van der Waals surface area contributed by atoms with E-state index in [4.69, 9.17) is 5.84 Å². The third-order valence-corrected chi connectivity index (χ3v) is 5.70. The number of rotatable bonds is 6. The highest BCUT2D eigenvalue weighted by atomic mass is 32.2. The fourth-order valence-electron chi connectivity index (χ4n) is 2.64. The first-order valence-electron chi connectivity index (χ1n) is 6.62. The van der Waals surface area contributed by atoms with Crippen LogP contribution in [0.15, 0.2) is 29.2 Å². The van der Waals surface area contributed by atoms with Crippen molar-refractivity contribution in [3.8, 4) is 0 Å². The standard InChI is InChI=1S/C13H19N3O2S/c14-16-11-3-5-12(6-4-11)19(17,18)15-9-13(7-8-13)10-1-2-10/h3-6,10,15-16H,1-2,7-9,14H2. The summed E-state index contributed by atoms with van der Waals surface area (Å²) in [5, 5.41) is 0. The Balaban J connectivity index is 1.67. The van der Waals surface area contributed by atoms with E-state index in [0.717, 1.165) is 18.8 Å². The van der Waals surface area contributed by atoms with Crippen LogP contribution in [0.3, 0.4) is 0 Å². The monoisotopic (exact) mass is 281 g/mol. The molecule has 0 amide bonds. The zero-order valence-corrected chi connectivity index (χ0v) is 11.5. The van der Waals surface area contributed by atoms with Crippen molar-refractivity contribution in [3.63, 3.8) is 0 Å². The van der Waals surface area contributed by atoms with Gasteiger partial charge < -0.3 is 5.43 Å². The van der Waals surface area contributed by atoms with Gasteiger partial charge in [-0.25, -0.2) is 13.1 Å². The summed E-state index contributed by atoms with van der Waals surface area (Å²) in [5.41, 5.74) is 3.44. The minimum atomic E-state index is -3.40. The number of benzene rings is 1. The lowest BCUT2D eigenvalue weighted by Gasteiger charge is -2.15. The molecule has 19 heavy (non-hydrogen) atoms. The van der Waals surface area contributed by atoms with E-state index in [1.807, 2.05) is 0 Å². The highest BCUT2D eigenvalue weighted by Gasteiger charge is 2.53. The molecule has 3 rings (SSSR count). The number of hydrogen-bond donors (Lipinski definition) is 3. The molecule has 4 N–H and O–H groups in total. The molecule has 0 spiro atoms. The number of hydrazine groups is 1. The molecule has 1 aromatic rings. The molecule has 2 fully saturated rings. The summed E-state index contributed by atoms with van der Waals surface area (Å²) >= 11 is 0. The van der Waals surface area contributed by atoms with Crippen LogP contribution < -0.4 is 16.0 Å². The highest BCUT2D eigenvalue weighted by Crippen LogP contribution is 2.60.